The average molecular weight is 806 g/mol. The van der Waals surface area contributed by atoms with Gasteiger partial charge in [0.15, 0.2) is 15.9 Å². The van der Waals surface area contributed by atoms with Crippen molar-refractivity contribution in [3.63, 3.8) is 0 Å². The number of carboxylic acid groups (broad SMARTS) is 2. The molecule has 2 heterocycles. The number of nitrogens with two attached hydrogens (primary N) is 1. The van der Waals surface area contributed by atoms with Gasteiger partial charge in [-0.25, -0.2) is 23.4 Å². The van der Waals surface area contributed by atoms with Crippen LogP contribution in [0, 0.1) is 11.7 Å². The van der Waals surface area contributed by atoms with Crippen LogP contribution in [-0.2, 0) is 29.0 Å². The van der Waals surface area contributed by atoms with Gasteiger partial charge in [-0.05, 0) is 92.7 Å². The Morgan fingerprint density at radius 1 is 1.04 bits per heavy atom. The molecule has 300 valence electrons. The largest absolute Gasteiger partial charge is 0.494 e. The number of aliphatic carboxylic acids is 2. The van der Waals surface area contributed by atoms with E-state index in [2.05, 4.69) is 10.3 Å². The first-order chi connectivity index (χ1) is 26.2. The number of sulfone groups is 1. The number of aromatic nitrogens is 1. The maximum atomic E-state index is 15.8. The number of hydrazine groups is 1. The molecule has 1 aliphatic heterocycles. The van der Waals surface area contributed by atoms with Crippen molar-refractivity contribution in [2.24, 2.45) is 11.8 Å². The minimum Gasteiger partial charge on any atom is -0.494 e. The summed E-state index contributed by atoms with van der Waals surface area (Å²) in [6, 6.07) is 12.1. The molecule has 19 heteroatoms. The van der Waals surface area contributed by atoms with Gasteiger partial charge in [0.2, 0.25) is 5.91 Å². The molecule has 0 bridgehead atoms. The lowest BCUT2D eigenvalue weighted by Gasteiger charge is -2.36. The number of carboxylic acids is 2. The van der Waals surface area contributed by atoms with Gasteiger partial charge in [0, 0.05) is 42.5 Å². The first-order valence-corrected chi connectivity index (χ1v) is 18.5. The Labute approximate surface area is 318 Å². The average Bonchev–Trinajstić information content (AvgIpc) is 3.58. The van der Waals surface area contributed by atoms with Crippen molar-refractivity contribution in [2.45, 2.75) is 62.5 Å². The van der Waals surface area contributed by atoms with E-state index in [-0.39, 0.29) is 47.0 Å². The lowest BCUT2D eigenvalue weighted by Crippen LogP contribution is -2.47. The summed E-state index contributed by atoms with van der Waals surface area (Å²) in [5.41, 5.74) is 0.446. The number of hydrogen-bond acceptors (Lipinski definition) is 10. The fraction of sp³-hybridized carbons (Fsp3) is 0.324. The van der Waals surface area contributed by atoms with Gasteiger partial charge in [-0.2, -0.15) is 13.2 Å². The summed E-state index contributed by atoms with van der Waals surface area (Å²) in [6.07, 6.45) is -1.86. The van der Waals surface area contributed by atoms with Gasteiger partial charge in [-0.3, -0.25) is 24.4 Å². The molecule has 0 aliphatic carbocycles. The zero-order valence-electron chi connectivity index (χ0n) is 30.5. The first-order valence-electron chi connectivity index (χ1n) is 17.0. The lowest BCUT2D eigenvalue weighted by atomic mass is 9.92. The summed E-state index contributed by atoms with van der Waals surface area (Å²) in [5, 5.41) is 21.9. The number of fused-ring (bicyclic) bond motifs is 1. The summed E-state index contributed by atoms with van der Waals surface area (Å²) >= 11 is 0. The summed E-state index contributed by atoms with van der Waals surface area (Å²) in [4.78, 5) is 53.7. The Hall–Kier alpha value is -5.82. The van der Waals surface area contributed by atoms with Crippen LogP contribution in [0.1, 0.15) is 57.3 Å². The SMILES string of the molecule is CCOc1ccc(F)c([C@@H](C(=O)N2CCC(C(=O)O)C2c2cc(NC(C)=O)ccc2S(=O)(=O)C(C)C)N(N)c2ccc3cnccc3c2)c1.O=C(O)C(F)(F)F. The minimum atomic E-state index is -5.08. The quantitative estimate of drug-likeness (QED) is 0.0825. The van der Waals surface area contributed by atoms with Gasteiger partial charge >= 0.3 is 18.1 Å². The molecule has 3 aromatic carbocycles. The number of alkyl halides is 3. The molecule has 3 atom stereocenters. The number of pyridine rings is 1. The number of anilines is 2. The molecule has 1 aromatic heterocycles. The Morgan fingerprint density at radius 2 is 1.71 bits per heavy atom. The van der Waals surface area contributed by atoms with Crippen LogP contribution in [0.4, 0.5) is 28.9 Å². The molecule has 4 aromatic rings. The number of halogens is 4. The predicted molar refractivity (Wildman–Crippen MR) is 196 cm³/mol. The van der Waals surface area contributed by atoms with Gasteiger partial charge in [-0.15, -0.1) is 0 Å². The van der Waals surface area contributed by atoms with E-state index in [1.54, 1.807) is 43.6 Å². The second-order valence-electron chi connectivity index (χ2n) is 12.9. The third-order valence-electron chi connectivity index (χ3n) is 8.82. The van der Waals surface area contributed by atoms with Gasteiger partial charge in [-0.1, -0.05) is 6.07 Å². The summed E-state index contributed by atoms with van der Waals surface area (Å²) in [7, 11) is -4.02. The number of nitrogens with zero attached hydrogens (tertiary/aromatic N) is 3. The lowest BCUT2D eigenvalue weighted by molar-refractivity contribution is -0.192. The summed E-state index contributed by atoms with van der Waals surface area (Å²) in [5.74, 6) is -0.212. The van der Waals surface area contributed by atoms with Crippen molar-refractivity contribution in [1.29, 1.82) is 0 Å². The highest BCUT2D eigenvalue weighted by Crippen LogP contribution is 2.44. The molecule has 5 rings (SSSR count). The van der Waals surface area contributed by atoms with Gasteiger partial charge in [0.25, 0.3) is 5.91 Å². The molecule has 1 aliphatic rings. The van der Waals surface area contributed by atoms with Crippen LogP contribution < -0.4 is 20.9 Å². The molecule has 2 unspecified atom stereocenters. The van der Waals surface area contributed by atoms with E-state index >= 15 is 4.39 Å². The van der Waals surface area contributed by atoms with E-state index in [9.17, 15) is 41.1 Å². The number of amides is 2. The van der Waals surface area contributed by atoms with Crippen LogP contribution >= 0.6 is 0 Å². The Morgan fingerprint density at radius 3 is 2.30 bits per heavy atom. The van der Waals surface area contributed by atoms with E-state index in [4.69, 9.17) is 20.5 Å². The molecule has 0 saturated carbocycles. The van der Waals surface area contributed by atoms with E-state index in [1.165, 1.54) is 56.0 Å². The fourth-order valence-corrected chi connectivity index (χ4v) is 7.46. The van der Waals surface area contributed by atoms with Crippen molar-refractivity contribution < 1.29 is 60.1 Å². The smallest absolute Gasteiger partial charge is 0.490 e. The maximum absolute atomic E-state index is 15.8. The van der Waals surface area contributed by atoms with Crippen LogP contribution in [0.3, 0.4) is 0 Å². The van der Waals surface area contributed by atoms with Crippen LogP contribution in [0.15, 0.2) is 78.0 Å². The van der Waals surface area contributed by atoms with Crippen LogP contribution in [0.25, 0.3) is 10.8 Å². The highest BCUT2D eigenvalue weighted by Gasteiger charge is 2.47. The molecule has 0 spiro atoms. The molecule has 1 fully saturated rings. The molecule has 5 N–H and O–H groups in total. The van der Waals surface area contributed by atoms with Crippen LogP contribution in [0.5, 0.6) is 5.75 Å². The van der Waals surface area contributed by atoms with E-state index in [0.717, 1.165) is 21.8 Å². The van der Waals surface area contributed by atoms with Crippen molar-refractivity contribution in [2.75, 3.05) is 23.5 Å². The number of hydrogen-bond donors (Lipinski definition) is 4. The maximum Gasteiger partial charge on any atom is 0.490 e. The second-order valence-corrected chi connectivity index (χ2v) is 15.3. The third kappa shape index (κ3) is 9.51. The normalized spacial score (nSPS) is 16.1. The molecule has 0 radical (unpaired) electrons. The van der Waals surface area contributed by atoms with Crippen molar-refractivity contribution in [3.05, 3.63) is 90.0 Å². The number of carbonyl (C=O) groups is 4. The first kappa shape index (κ1) is 42.9. The standard InChI is InChI=1S/C35H38FN5O7S.C2HF3O2/c1-5-48-26-9-10-30(36)28(18-26)33(41(37)25-8-6-23-19-38-14-12-22(23)16-25)34(43)40-15-13-27(35(44)45)32(40)29-17-24(39-21(4)42)7-11-31(29)49(46,47)20(2)3;3-2(4,5)1(6)7/h6-12,14,16-20,27,32-33H,5,13,15,37H2,1-4H3,(H,39,42)(H,44,45);(H,6,7)/t27?,32?,33-;/m0./s1. The van der Waals surface area contributed by atoms with Crippen LogP contribution in [0.2, 0.25) is 0 Å². The zero-order chi connectivity index (χ0) is 41.7. The minimum absolute atomic E-state index is 0.0160. The molecular formula is C37H39F4N5O9S. The third-order valence-corrected chi connectivity index (χ3v) is 11.1. The summed E-state index contributed by atoms with van der Waals surface area (Å²) < 4.78 is 80.5. The fourth-order valence-electron chi connectivity index (χ4n) is 6.18. The Kier molecular flexibility index (Phi) is 13.3. The summed E-state index contributed by atoms with van der Waals surface area (Å²) in [6.45, 7) is 6.17. The Balaban J connectivity index is 0.000000908. The van der Waals surface area contributed by atoms with Crippen molar-refractivity contribution >= 4 is 55.7 Å². The second kappa shape index (κ2) is 17.3. The molecule has 2 amide bonds. The molecule has 56 heavy (non-hydrogen) atoms. The molecular weight excluding hydrogens is 766 g/mol. The number of benzene rings is 3. The highest BCUT2D eigenvalue weighted by atomic mass is 32.2. The van der Waals surface area contributed by atoms with E-state index in [0.29, 0.717) is 5.69 Å². The van der Waals surface area contributed by atoms with Gasteiger partial charge in [0.1, 0.15) is 11.6 Å². The van der Waals surface area contributed by atoms with Crippen molar-refractivity contribution in [1.82, 2.24) is 9.88 Å². The Bertz CT molecular complexity index is 2240. The number of carbonyl (C=O) groups excluding carboxylic acids is 2. The number of nitrogens with one attached hydrogen (secondary N) is 1. The highest BCUT2D eigenvalue weighted by molar-refractivity contribution is 7.92. The number of likely N-dealkylation sites (tertiary alicyclic amines) is 1. The molecule has 14 nitrogen and oxygen atoms in total. The number of rotatable bonds is 11. The monoisotopic (exact) mass is 805 g/mol. The molecule has 1 saturated heterocycles. The van der Waals surface area contributed by atoms with Gasteiger partial charge < -0.3 is 25.2 Å². The number of ether oxygens (including phenoxy) is 1. The van der Waals surface area contributed by atoms with Crippen LogP contribution in [-0.4, -0.2) is 76.8 Å². The van der Waals surface area contributed by atoms with Gasteiger partial charge in [0.05, 0.1) is 34.4 Å². The van der Waals surface area contributed by atoms with E-state index in [1.807, 2.05) is 0 Å². The van der Waals surface area contributed by atoms with E-state index < -0.39 is 68.8 Å². The van der Waals surface area contributed by atoms with Crippen molar-refractivity contribution in [3.8, 4) is 5.75 Å². The zero-order valence-corrected chi connectivity index (χ0v) is 31.3. The predicted octanol–water partition coefficient (Wildman–Crippen LogP) is 5.64. The topological polar surface area (TPSA) is 210 Å².